The Morgan fingerprint density at radius 2 is 2.00 bits per heavy atom. The minimum atomic E-state index is -0.846. The molecule has 2 amide bonds. The summed E-state index contributed by atoms with van der Waals surface area (Å²) in [4.78, 5) is 39.0. The molecule has 2 N–H and O–H groups in total. The molecular formula is C26H24FN7O2. The second-order valence-electron chi connectivity index (χ2n) is 9.76. The first kappa shape index (κ1) is 22.3. The maximum atomic E-state index is 14.4. The van der Waals surface area contributed by atoms with Gasteiger partial charge in [-0.2, -0.15) is 5.10 Å². The number of pyridine rings is 1. The molecule has 36 heavy (non-hydrogen) atoms. The fourth-order valence-corrected chi connectivity index (χ4v) is 4.60. The third-order valence-electron chi connectivity index (χ3n) is 6.78. The third-order valence-corrected chi connectivity index (χ3v) is 6.78. The summed E-state index contributed by atoms with van der Waals surface area (Å²) in [6, 6.07) is 10.2. The van der Waals surface area contributed by atoms with Crippen molar-refractivity contribution in [2.75, 3.05) is 5.32 Å². The Morgan fingerprint density at radius 1 is 1.19 bits per heavy atom. The van der Waals surface area contributed by atoms with E-state index < -0.39 is 5.41 Å². The molecule has 0 spiro atoms. The number of halogens is 1. The van der Waals surface area contributed by atoms with Gasteiger partial charge in [0.15, 0.2) is 11.5 Å². The first-order chi connectivity index (χ1) is 17.3. The lowest BCUT2D eigenvalue weighted by molar-refractivity contribution is -0.122. The van der Waals surface area contributed by atoms with E-state index in [4.69, 9.17) is 10.1 Å². The van der Waals surface area contributed by atoms with Crippen LogP contribution in [0.25, 0.3) is 22.6 Å². The van der Waals surface area contributed by atoms with E-state index in [1.807, 2.05) is 19.9 Å². The molecule has 6 rings (SSSR count). The van der Waals surface area contributed by atoms with Crippen LogP contribution in [0.2, 0.25) is 0 Å². The monoisotopic (exact) mass is 485 g/mol. The predicted molar refractivity (Wildman–Crippen MR) is 130 cm³/mol. The fraction of sp³-hybridized carbons (Fsp3) is 0.308. The Labute approximate surface area is 206 Å². The smallest absolute Gasteiger partial charge is 0.235 e. The van der Waals surface area contributed by atoms with Gasteiger partial charge in [0.05, 0.1) is 29.6 Å². The summed E-state index contributed by atoms with van der Waals surface area (Å²) in [5.74, 6) is 0.236. The number of hydrogen-bond acceptors (Lipinski definition) is 6. The van der Waals surface area contributed by atoms with Gasteiger partial charge in [-0.05, 0) is 44.9 Å². The highest BCUT2D eigenvalue weighted by molar-refractivity contribution is 6.05. The van der Waals surface area contributed by atoms with Crippen molar-refractivity contribution < 1.29 is 14.0 Å². The standard InChI is InChI=1S/C26H24FN7O2/c1-26(2)19-18(12-29-24(35)14-9-10-14)30-22(31-21(19)32-25(26)36)20-16-7-5-11-28-23(16)34(33-20)13-15-6-3-4-8-17(15)27/h3-8,11,14H,9-10,12-13H2,1-2H3,(H,29,35)(H,30,31,32,36). The van der Waals surface area contributed by atoms with Crippen LogP contribution in [0.3, 0.4) is 0 Å². The summed E-state index contributed by atoms with van der Waals surface area (Å²) in [7, 11) is 0. The van der Waals surface area contributed by atoms with Crippen LogP contribution in [0.5, 0.6) is 0 Å². The number of benzene rings is 1. The Morgan fingerprint density at radius 3 is 2.78 bits per heavy atom. The quantitative estimate of drug-likeness (QED) is 0.433. The van der Waals surface area contributed by atoms with E-state index in [2.05, 4.69) is 20.6 Å². The summed E-state index contributed by atoms with van der Waals surface area (Å²) in [6.07, 6.45) is 3.43. The van der Waals surface area contributed by atoms with Crippen LogP contribution in [0, 0.1) is 11.7 Å². The van der Waals surface area contributed by atoms with Crippen LogP contribution in [-0.2, 0) is 28.1 Å². The highest BCUT2D eigenvalue weighted by Crippen LogP contribution is 2.40. The van der Waals surface area contributed by atoms with E-state index in [-0.39, 0.29) is 36.6 Å². The number of amides is 2. The molecule has 0 atom stereocenters. The minimum Gasteiger partial charge on any atom is -0.350 e. The van der Waals surface area contributed by atoms with Crippen LogP contribution >= 0.6 is 0 Å². The van der Waals surface area contributed by atoms with Gasteiger partial charge in [0.25, 0.3) is 0 Å². The molecule has 4 aromatic rings. The van der Waals surface area contributed by atoms with Crippen LogP contribution in [-0.4, -0.2) is 36.5 Å². The van der Waals surface area contributed by atoms with E-state index in [1.54, 1.807) is 35.1 Å². The van der Waals surface area contributed by atoms with Gasteiger partial charge in [0.2, 0.25) is 11.8 Å². The van der Waals surface area contributed by atoms with Crippen molar-refractivity contribution in [3.05, 3.63) is 65.2 Å². The number of hydrogen-bond donors (Lipinski definition) is 2. The Hall–Kier alpha value is -4.21. The van der Waals surface area contributed by atoms with Crippen molar-refractivity contribution in [2.24, 2.45) is 5.92 Å². The number of carbonyl (C=O) groups is 2. The van der Waals surface area contributed by atoms with Crippen LogP contribution < -0.4 is 10.6 Å². The van der Waals surface area contributed by atoms with Gasteiger partial charge in [-0.1, -0.05) is 18.2 Å². The van der Waals surface area contributed by atoms with E-state index in [0.29, 0.717) is 45.2 Å². The first-order valence-corrected chi connectivity index (χ1v) is 11.9. The second-order valence-corrected chi connectivity index (χ2v) is 9.76. The molecule has 2 aliphatic rings. The summed E-state index contributed by atoms with van der Waals surface area (Å²) in [6.45, 7) is 3.98. The molecule has 3 aromatic heterocycles. The largest absolute Gasteiger partial charge is 0.350 e. The molecule has 0 saturated heterocycles. The molecule has 1 fully saturated rings. The molecule has 1 aliphatic heterocycles. The minimum absolute atomic E-state index is 0.0113. The number of carbonyl (C=O) groups excluding carboxylic acids is 2. The van der Waals surface area contributed by atoms with Crippen molar-refractivity contribution in [2.45, 2.75) is 45.2 Å². The van der Waals surface area contributed by atoms with E-state index in [0.717, 1.165) is 12.8 Å². The van der Waals surface area contributed by atoms with Gasteiger partial charge >= 0.3 is 0 Å². The molecule has 0 radical (unpaired) electrons. The van der Waals surface area contributed by atoms with Gasteiger partial charge in [0.1, 0.15) is 17.3 Å². The molecule has 9 nitrogen and oxygen atoms in total. The molecule has 1 saturated carbocycles. The van der Waals surface area contributed by atoms with Crippen LogP contribution in [0.15, 0.2) is 42.6 Å². The van der Waals surface area contributed by atoms with Crippen LogP contribution in [0.1, 0.15) is 43.5 Å². The Kier molecular flexibility index (Phi) is 5.06. The molecule has 0 unspecified atom stereocenters. The summed E-state index contributed by atoms with van der Waals surface area (Å²) in [5.41, 5.74) is 1.89. The predicted octanol–water partition coefficient (Wildman–Crippen LogP) is 3.33. The fourth-order valence-electron chi connectivity index (χ4n) is 4.60. The number of rotatable bonds is 6. The van der Waals surface area contributed by atoms with E-state index >= 15 is 0 Å². The average molecular weight is 486 g/mol. The maximum Gasteiger partial charge on any atom is 0.235 e. The third kappa shape index (κ3) is 3.69. The first-order valence-electron chi connectivity index (χ1n) is 11.9. The zero-order valence-electron chi connectivity index (χ0n) is 19.9. The Bertz CT molecular complexity index is 1540. The number of anilines is 1. The number of fused-ring (bicyclic) bond motifs is 2. The molecule has 1 aliphatic carbocycles. The van der Waals surface area contributed by atoms with Crippen molar-refractivity contribution in [1.82, 2.24) is 30.0 Å². The SMILES string of the molecule is CC1(C)C(=O)Nc2nc(-c3nn(Cc4ccccc4F)c4ncccc34)nc(CNC(=O)C3CC3)c21. The van der Waals surface area contributed by atoms with Crippen LogP contribution in [0.4, 0.5) is 10.2 Å². The topological polar surface area (TPSA) is 115 Å². The normalized spacial score (nSPS) is 16.1. The lowest BCUT2D eigenvalue weighted by Crippen LogP contribution is -2.30. The van der Waals surface area contributed by atoms with Gasteiger partial charge in [-0.3, -0.25) is 9.59 Å². The maximum absolute atomic E-state index is 14.4. The number of nitrogens with zero attached hydrogens (tertiary/aromatic N) is 5. The van der Waals surface area contributed by atoms with Gasteiger partial charge < -0.3 is 10.6 Å². The molecule has 182 valence electrons. The van der Waals surface area contributed by atoms with Gasteiger partial charge in [0, 0.05) is 23.2 Å². The summed E-state index contributed by atoms with van der Waals surface area (Å²) < 4.78 is 16.0. The van der Waals surface area contributed by atoms with E-state index in [9.17, 15) is 14.0 Å². The molecular weight excluding hydrogens is 461 g/mol. The van der Waals surface area contributed by atoms with Gasteiger partial charge in [-0.15, -0.1) is 0 Å². The molecule has 4 heterocycles. The average Bonchev–Trinajstić information content (AvgIpc) is 3.61. The lowest BCUT2D eigenvalue weighted by atomic mass is 9.85. The summed E-state index contributed by atoms with van der Waals surface area (Å²) in [5, 5.41) is 11.2. The van der Waals surface area contributed by atoms with E-state index in [1.165, 1.54) is 6.07 Å². The summed E-state index contributed by atoms with van der Waals surface area (Å²) >= 11 is 0. The van der Waals surface area contributed by atoms with Crippen molar-refractivity contribution >= 4 is 28.7 Å². The molecule has 10 heteroatoms. The van der Waals surface area contributed by atoms with Crippen molar-refractivity contribution in [3.63, 3.8) is 0 Å². The molecule has 0 bridgehead atoms. The highest BCUT2D eigenvalue weighted by Gasteiger charge is 2.43. The number of aromatic nitrogens is 5. The van der Waals surface area contributed by atoms with Crippen molar-refractivity contribution in [3.8, 4) is 11.5 Å². The zero-order chi connectivity index (χ0) is 25.0. The molecule has 1 aromatic carbocycles. The lowest BCUT2D eigenvalue weighted by Gasteiger charge is -2.18. The highest BCUT2D eigenvalue weighted by atomic mass is 19.1. The van der Waals surface area contributed by atoms with Crippen molar-refractivity contribution in [1.29, 1.82) is 0 Å². The Balaban J connectivity index is 1.46. The zero-order valence-corrected chi connectivity index (χ0v) is 19.9. The second kappa shape index (κ2) is 8.18. The van der Waals surface area contributed by atoms with Gasteiger partial charge in [-0.25, -0.2) is 24.0 Å². The number of nitrogens with one attached hydrogen (secondary N) is 2.